The van der Waals surface area contributed by atoms with Crippen molar-refractivity contribution in [2.75, 3.05) is 0 Å². The van der Waals surface area contributed by atoms with Gasteiger partial charge < -0.3 is 0 Å². The minimum Gasteiger partial charge on any atom is -0.101 e. The highest BCUT2D eigenvalue weighted by molar-refractivity contribution is 4.63. The highest BCUT2D eigenvalue weighted by Gasteiger charge is 2.02. The molecule has 0 aliphatic carbocycles. The second kappa shape index (κ2) is 2.08. The van der Waals surface area contributed by atoms with Crippen molar-refractivity contribution >= 4 is 0 Å². The van der Waals surface area contributed by atoms with E-state index in [0.717, 1.165) is 0 Å². The van der Waals surface area contributed by atoms with E-state index >= 15 is 0 Å². The van der Waals surface area contributed by atoms with E-state index in [1.165, 1.54) is 13.8 Å². The zero-order valence-corrected chi connectivity index (χ0v) is 3.70. The maximum Gasteiger partial charge on any atom is 0.101 e. The molecule has 1 nitrogen and oxygen atoms in total. The lowest BCUT2D eigenvalue weighted by Gasteiger charge is -1.98. The van der Waals surface area contributed by atoms with Gasteiger partial charge in [0.2, 0.25) is 0 Å². The normalized spacial score (nSPS) is 11.0. The van der Waals surface area contributed by atoms with Crippen molar-refractivity contribution < 1.29 is 8.96 Å². The van der Waals surface area contributed by atoms with Gasteiger partial charge in [0.25, 0.3) is 0 Å². The fourth-order valence-corrected chi connectivity index (χ4v) is 0. The molecule has 3 heteroatoms. The molecule has 0 aromatic carbocycles. The highest BCUT2D eigenvalue weighted by Crippen LogP contribution is 2.04. The van der Waals surface area contributed by atoms with E-state index in [1.807, 2.05) is 0 Å². The predicted octanol–water partition coefficient (Wildman–Crippen LogP) is 1.63. The minimum absolute atomic E-state index is 0.00926. The van der Waals surface area contributed by atoms with Gasteiger partial charge in [0.1, 0.15) is 6.04 Å². The zero-order valence-electron chi connectivity index (χ0n) is 3.70. The van der Waals surface area contributed by atoms with Crippen LogP contribution in [-0.4, -0.2) is 5.34 Å². The average molecular weight is 94.1 g/mol. The summed E-state index contributed by atoms with van der Waals surface area (Å²) in [5.74, 6) is 0. The van der Waals surface area contributed by atoms with Gasteiger partial charge in [-0.1, -0.05) is 0 Å². The van der Waals surface area contributed by atoms with E-state index in [-0.39, 0.29) is 6.04 Å². The fraction of sp³-hybridized carbons (Fsp3) is 0.667. The summed E-state index contributed by atoms with van der Waals surface area (Å²) in [6, 6.07) is 0.00926. The molecule has 0 saturated carbocycles. The Kier molecular flexibility index (Phi) is 2.01. The van der Waals surface area contributed by atoms with Gasteiger partial charge in [0, 0.05) is 5.34 Å². The average Bonchev–Trinajstić information content (AvgIpc) is 1.36. The van der Waals surface area contributed by atoms with Crippen LogP contribution in [0.25, 0.3) is 0 Å². The molecule has 0 rings (SSSR count). The van der Waals surface area contributed by atoms with Crippen molar-refractivity contribution in [3.63, 3.8) is 0 Å². The Morgan fingerprint density at radius 2 is 1.50 bits per heavy atom. The first-order valence-electron chi connectivity index (χ1n) is 1.56. The van der Waals surface area contributed by atoms with Crippen molar-refractivity contribution in [2.45, 2.75) is 13.8 Å². The van der Waals surface area contributed by atoms with E-state index in [2.05, 4.69) is 0 Å². The molecule has 37 valence electrons. The summed E-state index contributed by atoms with van der Waals surface area (Å²) >= 11 is 0. The molecule has 0 saturated heterocycles. The summed E-state index contributed by atoms with van der Waals surface area (Å²) in [5.41, 5.74) is 0. The number of hydrogen-bond donors (Lipinski definition) is 0. The summed E-state index contributed by atoms with van der Waals surface area (Å²) in [6.45, 7) is 2.67. The molecule has 0 aromatic rings. The maximum atomic E-state index is 11.0. The Morgan fingerprint density at radius 3 is 1.50 bits per heavy atom. The SMILES string of the molecule is C[C](C)N(F)F. The van der Waals surface area contributed by atoms with Crippen molar-refractivity contribution in [2.24, 2.45) is 0 Å². The number of hydrogen-bond acceptors (Lipinski definition) is 1. The molecule has 0 amide bonds. The molecule has 0 N–H and O–H groups in total. The van der Waals surface area contributed by atoms with Gasteiger partial charge >= 0.3 is 0 Å². The van der Waals surface area contributed by atoms with Crippen LogP contribution in [0, 0.1) is 6.04 Å². The molecule has 0 fully saturated rings. The van der Waals surface area contributed by atoms with Gasteiger partial charge in [-0.05, 0) is 13.8 Å². The molecule has 1 radical (unpaired) electrons. The maximum absolute atomic E-state index is 11.0. The van der Waals surface area contributed by atoms with Crippen LogP contribution in [0.5, 0.6) is 0 Å². The van der Waals surface area contributed by atoms with Crippen molar-refractivity contribution in [3.05, 3.63) is 6.04 Å². The van der Waals surface area contributed by atoms with Crippen LogP contribution >= 0.6 is 0 Å². The quantitative estimate of drug-likeness (QED) is 0.446. The first-order valence-corrected chi connectivity index (χ1v) is 1.56. The van der Waals surface area contributed by atoms with Crippen LogP contribution in [0.15, 0.2) is 0 Å². The predicted molar refractivity (Wildman–Crippen MR) is 18.6 cm³/mol. The smallest absolute Gasteiger partial charge is 0.101 e. The molecule has 0 aliphatic rings. The van der Waals surface area contributed by atoms with Gasteiger partial charge in [0.15, 0.2) is 0 Å². The molecular formula is C3H6F2N. The number of halogens is 2. The third kappa shape index (κ3) is 2.08. The van der Waals surface area contributed by atoms with Crippen LogP contribution in [0.4, 0.5) is 8.96 Å². The van der Waals surface area contributed by atoms with Gasteiger partial charge in [0.05, 0.1) is 0 Å². The second-order valence-corrected chi connectivity index (χ2v) is 1.18. The highest BCUT2D eigenvalue weighted by atomic mass is 19.4. The van der Waals surface area contributed by atoms with Crippen LogP contribution in [-0.2, 0) is 0 Å². The Labute approximate surface area is 35.4 Å². The second-order valence-electron chi connectivity index (χ2n) is 1.18. The lowest BCUT2D eigenvalue weighted by Crippen LogP contribution is -2.01. The summed E-state index contributed by atoms with van der Waals surface area (Å²) in [4.78, 5) is 0. The van der Waals surface area contributed by atoms with E-state index in [0.29, 0.717) is 0 Å². The van der Waals surface area contributed by atoms with Crippen molar-refractivity contribution in [1.29, 1.82) is 0 Å². The minimum atomic E-state index is -0.917. The summed E-state index contributed by atoms with van der Waals surface area (Å²) in [7, 11) is 0. The standard InChI is InChI=1S/C3H6F2N/c1-3(2)6(4)5/h1-2H3. The largest absolute Gasteiger partial charge is 0.101 e. The Balaban J connectivity index is 2.99. The Hall–Kier alpha value is -0.180. The van der Waals surface area contributed by atoms with Gasteiger partial charge in [-0.25, -0.2) is 0 Å². The first kappa shape index (κ1) is 5.82. The number of nitrogens with zero attached hydrogens (tertiary/aromatic N) is 1. The fourth-order valence-electron chi connectivity index (χ4n) is 0. The Bertz CT molecular complexity index is 29.8. The molecular weight excluding hydrogens is 88.0 g/mol. The zero-order chi connectivity index (χ0) is 5.15. The van der Waals surface area contributed by atoms with E-state index in [4.69, 9.17) is 0 Å². The molecule has 0 bridgehead atoms. The van der Waals surface area contributed by atoms with Crippen molar-refractivity contribution in [1.82, 2.24) is 5.34 Å². The van der Waals surface area contributed by atoms with E-state index in [9.17, 15) is 8.96 Å². The van der Waals surface area contributed by atoms with Crippen LogP contribution < -0.4 is 0 Å². The molecule has 0 atom stereocenters. The van der Waals surface area contributed by atoms with Gasteiger partial charge in [-0.3, -0.25) is 0 Å². The van der Waals surface area contributed by atoms with Crippen LogP contribution in [0.1, 0.15) is 13.8 Å². The monoisotopic (exact) mass is 94.0 g/mol. The summed E-state index contributed by atoms with van der Waals surface area (Å²) in [5, 5.41) is -0.917. The van der Waals surface area contributed by atoms with Crippen molar-refractivity contribution in [3.8, 4) is 0 Å². The molecule has 0 aliphatic heterocycles. The Morgan fingerprint density at radius 1 is 1.33 bits per heavy atom. The lowest BCUT2D eigenvalue weighted by atomic mass is 10.4. The van der Waals surface area contributed by atoms with Gasteiger partial charge in [-0.15, -0.1) is 8.96 Å². The van der Waals surface area contributed by atoms with Crippen LogP contribution in [0.3, 0.4) is 0 Å². The molecule has 0 heterocycles. The molecule has 0 spiro atoms. The third-order valence-corrected chi connectivity index (χ3v) is 0.338. The first-order chi connectivity index (χ1) is 2.64. The van der Waals surface area contributed by atoms with E-state index in [1.54, 1.807) is 0 Å². The molecule has 6 heavy (non-hydrogen) atoms. The van der Waals surface area contributed by atoms with Gasteiger partial charge in [-0.2, -0.15) is 0 Å². The molecule has 0 unspecified atom stereocenters. The topological polar surface area (TPSA) is 3.24 Å². The van der Waals surface area contributed by atoms with Crippen LogP contribution in [0.2, 0.25) is 0 Å². The third-order valence-electron chi connectivity index (χ3n) is 0.338. The summed E-state index contributed by atoms with van der Waals surface area (Å²) < 4.78 is 21.9. The molecule has 0 aromatic heterocycles. The number of rotatable bonds is 1. The summed E-state index contributed by atoms with van der Waals surface area (Å²) in [6.07, 6.45) is 0. The lowest BCUT2D eigenvalue weighted by molar-refractivity contribution is -0.141. The van der Waals surface area contributed by atoms with E-state index < -0.39 is 5.34 Å².